The summed E-state index contributed by atoms with van der Waals surface area (Å²) in [6.07, 6.45) is 1.90. The standard InChI is InChI=1S/C29H25F2N3O3S/c1-16-12-21(15-36-24(16)14-35)37-29-33-23-13-22(30)25(26(31)27(23)34-29)19-6-2-17(3-7-19)18-4-8-20(9-5-18)28-32-10-11-38-28/h2-11,13,16,21,24,35H,12,14-15H2,1H3,(H,33,34). The van der Waals surface area contributed by atoms with Crippen LogP contribution in [0.5, 0.6) is 6.01 Å². The van der Waals surface area contributed by atoms with Crippen LogP contribution < -0.4 is 4.74 Å². The van der Waals surface area contributed by atoms with E-state index in [4.69, 9.17) is 9.47 Å². The Morgan fingerprint density at radius 2 is 1.74 bits per heavy atom. The number of nitrogens with zero attached hydrogens (tertiary/aromatic N) is 2. The fourth-order valence-corrected chi connectivity index (χ4v) is 5.53. The molecule has 194 valence electrons. The number of aromatic amines is 1. The molecule has 0 saturated carbocycles. The van der Waals surface area contributed by atoms with E-state index < -0.39 is 11.6 Å². The van der Waals surface area contributed by atoms with Crippen molar-refractivity contribution in [1.82, 2.24) is 15.0 Å². The van der Waals surface area contributed by atoms with Gasteiger partial charge >= 0.3 is 0 Å². The molecule has 0 aliphatic carbocycles. The molecular formula is C29H25F2N3O3S. The third kappa shape index (κ3) is 4.69. The van der Waals surface area contributed by atoms with E-state index in [0.717, 1.165) is 21.7 Å². The van der Waals surface area contributed by atoms with Crippen LogP contribution in [0.4, 0.5) is 8.78 Å². The van der Waals surface area contributed by atoms with E-state index in [1.54, 1.807) is 29.7 Å². The van der Waals surface area contributed by atoms with Crippen molar-refractivity contribution in [2.24, 2.45) is 5.92 Å². The van der Waals surface area contributed by atoms with Crippen LogP contribution in [0.15, 0.2) is 66.2 Å². The zero-order valence-corrected chi connectivity index (χ0v) is 21.3. The van der Waals surface area contributed by atoms with Crippen molar-refractivity contribution in [1.29, 1.82) is 0 Å². The second-order valence-electron chi connectivity index (χ2n) is 9.48. The molecule has 38 heavy (non-hydrogen) atoms. The maximum atomic E-state index is 15.5. The number of aliphatic hydroxyl groups is 1. The molecule has 2 N–H and O–H groups in total. The number of fused-ring (bicyclic) bond motifs is 1. The average Bonchev–Trinajstić information content (AvgIpc) is 3.60. The SMILES string of the molecule is CC1CC(Oc2nc3c(F)c(-c4ccc(-c5ccc(-c6nccs6)cc5)cc4)c(F)cc3[nH]2)COC1CO. The third-order valence-corrected chi connectivity index (χ3v) is 7.76. The molecule has 0 spiro atoms. The van der Waals surface area contributed by atoms with Gasteiger partial charge in [0.25, 0.3) is 6.01 Å². The summed E-state index contributed by atoms with van der Waals surface area (Å²) >= 11 is 1.58. The Bertz CT molecular complexity index is 1550. The van der Waals surface area contributed by atoms with Crippen molar-refractivity contribution < 1.29 is 23.4 Å². The van der Waals surface area contributed by atoms with Crippen LogP contribution >= 0.6 is 11.3 Å². The highest BCUT2D eigenvalue weighted by atomic mass is 32.1. The van der Waals surface area contributed by atoms with E-state index in [1.807, 2.05) is 48.7 Å². The number of nitrogens with one attached hydrogen (secondary N) is 1. The number of hydrogen-bond donors (Lipinski definition) is 2. The minimum Gasteiger partial charge on any atom is -0.459 e. The summed E-state index contributed by atoms with van der Waals surface area (Å²) in [6.45, 7) is 2.21. The number of H-pyrrole nitrogens is 1. The lowest BCUT2D eigenvalue weighted by Crippen LogP contribution is -2.40. The average molecular weight is 534 g/mol. The predicted octanol–water partition coefficient (Wildman–Crippen LogP) is 6.46. The number of aromatic nitrogens is 3. The smallest absolute Gasteiger partial charge is 0.295 e. The minimum absolute atomic E-state index is 0.0104. The zero-order chi connectivity index (χ0) is 26.2. The maximum absolute atomic E-state index is 15.5. The molecule has 3 heterocycles. The Balaban J connectivity index is 1.23. The number of aliphatic hydroxyl groups excluding tert-OH is 1. The summed E-state index contributed by atoms with van der Waals surface area (Å²) in [5, 5.41) is 12.3. The first-order chi connectivity index (χ1) is 18.5. The van der Waals surface area contributed by atoms with Crippen LogP contribution in [0.25, 0.3) is 43.9 Å². The fraction of sp³-hybridized carbons (Fsp3) is 0.241. The molecule has 0 bridgehead atoms. The lowest BCUT2D eigenvalue weighted by molar-refractivity contribution is -0.0958. The van der Waals surface area contributed by atoms with Crippen LogP contribution in [-0.4, -0.2) is 45.5 Å². The molecule has 1 aliphatic heterocycles. The second-order valence-corrected chi connectivity index (χ2v) is 10.4. The number of imidazole rings is 1. The third-order valence-electron chi connectivity index (χ3n) is 6.94. The summed E-state index contributed by atoms with van der Waals surface area (Å²) in [6, 6.07) is 16.5. The molecule has 3 atom stereocenters. The number of halogens is 2. The number of thiazole rings is 1. The van der Waals surface area contributed by atoms with Gasteiger partial charge in [-0.2, -0.15) is 4.98 Å². The van der Waals surface area contributed by atoms with Gasteiger partial charge in [0, 0.05) is 23.2 Å². The van der Waals surface area contributed by atoms with Crippen molar-refractivity contribution >= 4 is 22.4 Å². The van der Waals surface area contributed by atoms with Gasteiger partial charge in [-0.15, -0.1) is 11.3 Å². The second kappa shape index (κ2) is 10.2. The highest BCUT2D eigenvalue weighted by Crippen LogP contribution is 2.34. The molecule has 0 amide bonds. The Labute approximate surface area is 221 Å². The quantitative estimate of drug-likeness (QED) is 0.262. The monoisotopic (exact) mass is 533 g/mol. The first-order valence-electron chi connectivity index (χ1n) is 12.4. The van der Waals surface area contributed by atoms with Gasteiger partial charge in [0.1, 0.15) is 22.4 Å². The van der Waals surface area contributed by atoms with Gasteiger partial charge in [0.15, 0.2) is 5.82 Å². The van der Waals surface area contributed by atoms with Crippen molar-refractivity contribution in [3.05, 3.63) is 77.8 Å². The van der Waals surface area contributed by atoms with Crippen molar-refractivity contribution in [2.75, 3.05) is 13.2 Å². The molecule has 6 rings (SSSR count). The predicted molar refractivity (Wildman–Crippen MR) is 143 cm³/mol. The number of rotatable bonds is 6. The van der Waals surface area contributed by atoms with E-state index in [9.17, 15) is 5.11 Å². The lowest BCUT2D eigenvalue weighted by atomic mass is 9.95. The Morgan fingerprint density at radius 1 is 1.05 bits per heavy atom. The highest BCUT2D eigenvalue weighted by molar-refractivity contribution is 7.13. The number of hydrogen-bond acceptors (Lipinski definition) is 6. The first kappa shape index (κ1) is 24.7. The van der Waals surface area contributed by atoms with E-state index in [2.05, 4.69) is 15.0 Å². The molecular weight excluding hydrogens is 508 g/mol. The summed E-state index contributed by atoms with van der Waals surface area (Å²) < 4.78 is 42.1. The van der Waals surface area contributed by atoms with E-state index in [1.165, 1.54) is 6.07 Å². The van der Waals surface area contributed by atoms with Crippen molar-refractivity contribution in [2.45, 2.75) is 25.6 Å². The Morgan fingerprint density at radius 3 is 2.37 bits per heavy atom. The minimum atomic E-state index is -0.750. The van der Waals surface area contributed by atoms with E-state index in [0.29, 0.717) is 12.0 Å². The van der Waals surface area contributed by atoms with Gasteiger partial charge in [0.2, 0.25) is 0 Å². The van der Waals surface area contributed by atoms with Gasteiger partial charge < -0.3 is 19.6 Å². The van der Waals surface area contributed by atoms with E-state index in [-0.39, 0.29) is 53.9 Å². The molecule has 1 aliphatic rings. The molecule has 3 unspecified atom stereocenters. The lowest BCUT2D eigenvalue weighted by Gasteiger charge is -2.32. The van der Waals surface area contributed by atoms with Crippen molar-refractivity contribution in [3.63, 3.8) is 0 Å². The van der Waals surface area contributed by atoms with Gasteiger partial charge in [-0.25, -0.2) is 13.8 Å². The fourth-order valence-electron chi connectivity index (χ4n) is 4.88. The molecule has 0 radical (unpaired) electrons. The maximum Gasteiger partial charge on any atom is 0.295 e. The van der Waals surface area contributed by atoms with Gasteiger partial charge in [-0.1, -0.05) is 55.5 Å². The summed E-state index contributed by atoms with van der Waals surface area (Å²) in [5.41, 5.74) is 3.48. The number of benzene rings is 3. The van der Waals surface area contributed by atoms with Gasteiger partial charge in [-0.05, 0) is 29.0 Å². The number of ether oxygens (including phenoxy) is 2. The summed E-state index contributed by atoms with van der Waals surface area (Å²) in [7, 11) is 0. The molecule has 2 aromatic heterocycles. The first-order valence-corrected chi connectivity index (χ1v) is 13.3. The largest absolute Gasteiger partial charge is 0.459 e. The normalized spacial score (nSPS) is 19.6. The van der Waals surface area contributed by atoms with Crippen LogP contribution in [0.1, 0.15) is 13.3 Å². The Kier molecular flexibility index (Phi) is 6.65. The summed E-state index contributed by atoms with van der Waals surface area (Å²) in [5.74, 6) is -1.34. The summed E-state index contributed by atoms with van der Waals surface area (Å²) in [4.78, 5) is 11.5. The molecule has 1 saturated heterocycles. The van der Waals surface area contributed by atoms with E-state index >= 15 is 8.78 Å². The highest BCUT2D eigenvalue weighted by Gasteiger charge is 2.30. The van der Waals surface area contributed by atoms with Crippen LogP contribution in [0.3, 0.4) is 0 Å². The van der Waals surface area contributed by atoms with Crippen molar-refractivity contribution in [3.8, 4) is 38.8 Å². The molecule has 1 fully saturated rings. The molecule has 6 nitrogen and oxygen atoms in total. The molecule has 9 heteroatoms. The topological polar surface area (TPSA) is 80.3 Å². The Hall–Kier alpha value is -3.66. The van der Waals surface area contributed by atoms with Crippen LogP contribution in [0, 0.1) is 17.6 Å². The van der Waals surface area contributed by atoms with Gasteiger partial charge in [0.05, 0.1) is 30.4 Å². The van der Waals surface area contributed by atoms with Crippen LogP contribution in [-0.2, 0) is 4.74 Å². The molecule has 3 aromatic carbocycles. The zero-order valence-electron chi connectivity index (χ0n) is 20.5. The molecule has 5 aromatic rings. The van der Waals surface area contributed by atoms with Gasteiger partial charge in [-0.3, -0.25) is 0 Å². The van der Waals surface area contributed by atoms with Crippen LogP contribution in [0.2, 0.25) is 0 Å².